The van der Waals surface area contributed by atoms with Crippen LogP contribution in [0.25, 0.3) is 77.4 Å². The van der Waals surface area contributed by atoms with Gasteiger partial charge in [-0.05, 0) is 146 Å². The van der Waals surface area contributed by atoms with Crippen LogP contribution in [0, 0.1) is 13.8 Å². The molecule has 0 amide bonds. The van der Waals surface area contributed by atoms with Gasteiger partial charge in [-0.15, -0.1) is 0 Å². The summed E-state index contributed by atoms with van der Waals surface area (Å²) >= 11 is 0. The van der Waals surface area contributed by atoms with Gasteiger partial charge in [0.25, 0.3) is 0 Å². The maximum Gasteiger partial charge on any atom is 0.127 e. The van der Waals surface area contributed by atoms with Crippen LogP contribution in [0.4, 0.5) is 0 Å². The van der Waals surface area contributed by atoms with Crippen LogP contribution >= 0.6 is 0 Å². The van der Waals surface area contributed by atoms with Crippen LogP contribution in [-0.4, -0.2) is 99.2 Å². The van der Waals surface area contributed by atoms with Crippen LogP contribution in [0.5, 0.6) is 23.0 Å². The first-order valence-electron chi connectivity index (χ1n) is 28.0. The number of allylic oxidation sites excluding steroid dienone is 4. The van der Waals surface area contributed by atoms with Crippen molar-refractivity contribution in [3.8, 4) is 45.3 Å². The number of para-hydroxylation sites is 1. The maximum atomic E-state index is 6.67. The first kappa shape index (κ1) is 54.1. The summed E-state index contributed by atoms with van der Waals surface area (Å²) in [4.78, 5) is 19.3. The highest BCUT2D eigenvalue weighted by atomic mass is 16.6. The molecule has 0 unspecified atom stereocenters. The molecular formula is C66H74N4O8. The fourth-order valence-electron chi connectivity index (χ4n) is 11.4. The number of benzene rings is 4. The van der Waals surface area contributed by atoms with Crippen molar-refractivity contribution in [2.24, 2.45) is 0 Å². The largest absolute Gasteiger partial charge is 0.491 e. The van der Waals surface area contributed by atoms with Gasteiger partial charge in [0.05, 0.1) is 86.7 Å². The van der Waals surface area contributed by atoms with Crippen LogP contribution in [0.2, 0.25) is 0 Å². The molecule has 0 fully saturated rings. The van der Waals surface area contributed by atoms with Crippen molar-refractivity contribution >= 4 is 55.1 Å². The summed E-state index contributed by atoms with van der Waals surface area (Å²) in [5.41, 5.74) is 21.6. The Bertz CT molecular complexity index is 3410. The monoisotopic (exact) mass is 1050 g/mol. The Morgan fingerprint density at radius 2 is 0.846 bits per heavy atom. The van der Waals surface area contributed by atoms with Crippen molar-refractivity contribution in [1.82, 2.24) is 19.9 Å². The van der Waals surface area contributed by atoms with Gasteiger partial charge in [0, 0.05) is 38.5 Å². The van der Waals surface area contributed by atoms with Gasteiger partial charge < -0.3 is 47.9 Å². The molecule has 406 valence electrons. The smallest absolute Gasteiger partial charge is 0.127 e. The molecule has 0 saturated heterocycles. The number of hydrogen-bond acceptors (Lipinski definition) is 10. The molecule has 0 radical (unpaired) electrons. The summed E-state index contributed by atoms with van der Waals surface area (Å²) in [5.74, 6) is 3.07. The van der Waals surface area contributed by atoms with E-state index < -0.39 is 0 Å². The highest BCUT2D eigenvalue weighted by Crippen LogP contribution is 2.46. The lowest BCUT2D eigenvalue weighted by molar-refractivity contribution is 0.0274. The van der Waals surface area contributed by atoms with Gasteiger partial charge >= 0.3 is 0 Å². The Balaban J connectivity index is 1.07. The molecule has 0 aliphatic carbocycles. The lowest BCUT2D eigenvalue weighted by atomic mass is 9.93. The van der Waals surface area contributed by atoms with E-state index in [1.807, 2.05) is 48.5 Å². The van der Waals surface area contributed by atoms with Crippen LogP contribution < -0.4 is 18.9 Å². The SMILES string of the molecule is CCC1=C(C)c2nc1cc1[nH]c(c(C)c1CC)c1c3[nH]c(cc4nc(c2-c2ccccc2OCCOCCOCCOc2cccc5c(cccc25)OCCOCCOCCOc2ccc-1cc2)C(C)=C4CC)c(CC)c3C. The quantitative estimate of drug-likeness (QED) is 0.176. The molecule has 7 aromatic rings. The van der Waals surface area contributed by atoms with E-state index >= 15 is 0 Å². The molecule has 0 spiro atoms. The lowest BCUT2D eigenvalue weighted by Gasteiger charge is -2.15. The molecule has 3 aromatic heterocycles. The average molecular weight is 1050 g/mol. The zero-order valence-corrected chi connectivity index (χ0v) is 46.7. The van der Waals surface area contributed by atoms with Gasteiger partial charge in [-0.1, -0.05) is 82.3 Å². The van der Waals surface area contributed by atoms with Gasteiger partial charge in [-0.25, -0.2) is 9.97 Å². The summed E-state index contributed by atoms with van der Waals surface area (Å²) in [5, 5.41) is 1.95. The number of fused-ring (bicyclic) bond motifs is 1. The summed E-state index contributed by atoms with van der Waals surface area (Å²) in [6.07, 6.45) is 3.30. The first-order chi connectivity index (χ1) is 38.2. The van der Waals surface area contributed by atoms with Crippen molar-refractivity contribution in [3.05, 3.63) is 142 Å². The zero-order chi connectivity index (χ0) is 54.1. The van der Waals surface area contributed by atoms with Crippen molar-refractivity contribution in [1.29, 1.82) is 0 Å². The number of ether oxygens (including phenoxy) is 8. The third kappa shape index (κ3) is 11.2. The van der Waals surface area contributed by atoms with Crippen LogP contribution in [0.15, 0.2) is 97.1 Å². The number of aromatic nitrogens is 4. The minimum absolute atomic E-state index is 0.348. The molecule has 12 heteroatoms. The fourth-order valence-corrected chi connectivity index (χ4v) is 11.4. The molecule has 78 heavy (non-hydrogen) atoms. The Morgan fingerprint density at radius 1 is 0.423 bits per heavy atom. The number of aromatic amines is 2. The van der Waals surface area contributed by atoms with E-state index in [-0.39, 0.29) is 0 Å². The minimum Gasteiger partial charge on any atom is -0.491 e. The van der Waals surface area contributed by atoms with Crippen molar-refractivity contribution in [2.45, 2.75) is 81.1 Å². The standard InChI is InChI=1S/C66H74N4O8/c1-9-47-41(5)63-61-45-23-25-46(26-24-45)75-35-31-71-27-28-72-32-36-76-58-21-15-19-52-51(58)18-16-22-59(52)77-37-33-73-29-30-74-34-38-78-60-20-14-13-17-53(60)62(65-43(7)49(11-3)56(69-65)39-54(47)67-63)66-44(8)50(12-4)57(70-66)40-55-48(10-2)42(6)64(61)68-55/h13-26,39-40,67-68H,9-12,27-38H2,1-8H3. The Hall–Kier alpha value is -7.22. The second-order valence-electron chi connectivity index (χ2n) is 19.9. The normalized spacial score (nSPS) is 15.6. The zero-order valence-electron chi connectivity index (χ0n) is 46.7. The van der Waals surface area contributed by atoms with E-state index in [4.69, 9.17) is 47.9 Å². The average Bonchev–Trinajstić information content (AvgIpc) is 4.29. The second kappa shape index (κ2) is 25.1. The Morgan fingerprint density at radius 3 is 1.31 bits per heavy atom. The van der Waals surface area contributed by atoms with Crippen molar-refractivity contribution in [2.75, 3.05) is 79.3 Å². The van der Waals surface area contributed by atoms with Crippen LogP contribution in [-0.2, 0) is 31.8 Å². The molecule has 12 rings (SSSR count). The van der Waals surface area contributed by atoms with Gasteiger partial charge in [0.2, 0.25) is 0 Å². The van der Waals surface area contributed by atoms with Crippen molar-refractivity contribution < 1.29 is 37.9 Å². The molecule has 0 saturated carbocycles. The second-order valence-corrected chi connectivity index (χ2v) is 19.9. The summed E-state index contributed by atoms with van der Waals surface area (Å²) in [6.45, 7) is 22.8. The predicted molar refractivity (Wildman–Crippen MR) is 315 cm³/mol. The van der Waals surface area contributed by atoms with E-state index in [9.17, 15) is 0 Å². The fraction of sp³-hybridized carbons (Fsp3) is 0.364. The number of nitrogens with one attached hydrogen (secondary N) is 2. The molecule has 0 atom stereocenters. The van der Waals surface area contributed by atoms with Crippen LogP contribution in [0.1, 0.15) is 99.4 Å². The highest BCUT2D eigenvalue weighted by Gasteiger charge is 2.28. The van der Waals surface area contributed by atoms with Gasteiger partial charge in [-0.2, -0.15) is 0 Å². The number of rotatable bonds is 4. The van der Waals surface area contributed by atoms with E-state index in [2.05, 4.69) is 114 Å². The van der Waals surface area contributed by atoms with Gasteiger partial charge in [-0.3, -0.25) is 0 Å². The minimum atomic E-state index is 0.348. The van der Waals surface area contributed by atoms with E-state index in [1.165, 1.54) is 33.4 Å². The molecule has 2 N–H and O–H groups in total. The van der Waals surface area contributed by atoms with Crippen molar-refractivity contribution in [3.63, 3.8) is 0 Å². The molecular weight excluding hydrogens is 977 g/mol. The Kier molecular flexibility index (Phi) is 17.4. The first-order valence-corrected chi connectivity index (χ1v) is 28.0. The number of H-pyrrole nitrogens is 2. The molecule has 5 aliphatic rings. The topological polar surface area (TPSA) is 131 Å². The third-order valence-corrected chi connectivity index (χ3v) is 15.3. The summed E-state index contributed by atoms with van der Waals surface area (Å²) in [7, 11) is 0. The van der Waals surface area contributed by atoms with E-state index in [0.717, 1.165) is 138 Å². The van der Waals surface area contributed by atoms with Gasteiger partial charge in [0.1, 0.15) is 49.4 Å². The predicted octanol–water partition coefficient (Wildman–Crippen LogP) is 14.5. The summed E-state index contributed by atoms with van der Waals surface area (Å²) in [6, 6.07) is 33.3. The lowest BCUT2D eigenvalue weighted by Crippen LogP contribution is -2.14. The Labute approximate surface area is 458 Å². The third-order valence-electron chi connectivity index (χ3n) is 15.3. The number of hydrogen-bond donors (Lipinski definition) is 2. The van der Waals surface area contributed by atoms with Crippen LogP contribution in [0.3, 0.4) is 0 Å². The summed E-state index contributed by atoms with van der Waals surface area (Å²) < 4.78 is 49.1. The maximum absolute atomic E-state index is 6.67. The van der Waals surface area contributed by atoms with E-state index in [0.29, 0.717) is 79.3 Å². The number of nitrogens with zero attached hydrogens (tertiary/aromatic N) is 2. The van der Waals surface area contributed by atoms with E-state index in [1.54, 1.807) is 0 Å². The number of aryl methyl sites for hydroxylation is 4. The molecule has 16 bridgehead atoms. The molecule has 12 nitrogen and oxygen atoms in total. The molecule has 4 aromatic carbocycles. The molecule has 8 heterocycles. The molecule has 5 aliphatic heterocycles. The van der Waals surface area contributed by atoms with Gasteiger partial charge in [0.15, 0.2) is 0 Å². The highest BCUT2D eigenvalue weighted by molar-refractivity contribution is 6.04.